The van der Waals surface area contributed by atoms with Gasteiger partial charge in [0.15, 0.2) is 0 Å². The molecule has 164 valence electrons. The molecule has 1 aliphatic rings. The lowest BCUT2D eigenvalue weighted by molar-refractivity contribution is -0.120. The van der Waals surface area contributed by atoms with Crippen molar-refractivity contribution in [3.8, 4) is 11.8 Å². The molecule has 0 fully saturated rings. The van der Waals surface area contributed by atoms with E-state index in [1.165, 1.54) is 0 Å². The maximum Gasteiger partial charge on any atom is 0.282 e. The summed E-state index contributed by atoms with van der Waals surface area (Å²) in [4.78, 5) is 28.1. The van der Waals surface area contributed by atoms with Gasteiger partial charge in [0.1, 0.15) is 11.4 Å². The minimum absolute atomic E-state index is 0.209. The molecule has 2 amide bonds. The highest BCUT2D eigenvalue weighted by atomic mass is 16.5. The van der Waals surface area contributed by atoms with Crippen LogP contribution in [0.15, 0.2) is 78.5 Å². The normalized spacial score (nSPS) is 13.3. The Kier molecular flexibility index (Phi) is 6.23. The number of para-hydroxylation sites is 1. The van der Waals surface area contributed by atoms with Crippen LogP contribution < -0.4 is 15.0 Å². The molecule has 6 nitrogen and oxygen atoms in total. The van der Waals surface area contributed by atoms with E-state index in [2.05, 4.69) is 5.32 Å². The van der Waals surface area contributed by atoms with Gasteiger partial charge < -0.3 is 10.1 Å². The van der Waals surface area contributed by atoms with Crippen LogP contribution in [0, 0.1) is 18.3 Å². The Morgan fingerprint density at radius 2 is 1.64 bits per heavy atom. The minimum atomic E-state index is -0.450. The molecule has 0 spiro atoms. The fraction of sp³-hybridized carbons (Fsp3) is 0.148. The topological polar surface area (TPSA) is 82.4 Å². The summed E-state index contributed by atoms with van der Waals surface area (Å²) in [6.07, 6.45) is 0.893. The fourth-order valence-electron chi connectivity index (χ4n) is 3.62. The molecule has 1 N–H and O–H groups in total. The van der Waals surface area contributed by atoms with E-state index >= 15 is 0 Å². The fourth-order valence-corrected chi connectivity index (χ4v) is 3.62. The van der Waals surface area contributed by atoms with Gasteiger partial charge in [-0.05, 0) is 66.9 Å². The van der Waals surface area contributed by atoms with E-state index in [1.807, 2.05) is 44.2 Å². The first-order chi connectivity index (χ1) is 16.0. The molecular weight excluding hydrogens is 414 g/mol. The molecule has 0 saturated carbocycles. The first-order valence-corrected chi connectivity index (χ1v) is 10.7. The average Bonchev–Trinajstić information content (AvgIpc) is 3.08. The third-order valence-electron chi connectivity index (χ3n) is 5.36. The molecule has 0 aliphatic carbocycles. The Balaban J connectivity index is 1.77. The Morgan fingerprint density at radius 1 is 0.939 bits per heavy atom. The SMILES string of the molecule is CCCOc1ccc(C2=C(Nc3ccccc3C)C(=O)N(c3ccc(C#N)cc3)C2=O)cc1. The van der Waals surface area contributed by atoms with E-state index < -0.39 is 11.8 Å². The van der Waals surface area contributed by atoms with E-state index in [9.17, 15) is 9.59 Å². The summed E-state index contributed by atoms with van der Waals surface area (Å²) < 4.78 is 5.65. The van der Waals surface area contributed by atoms with Crippen molar-refractivity contribution in [2.75, 3.05) is 16.8 Å². The summed E-state index contributed by atoms with van der Waals surface area (Å²) in [7, 11) is 0. The van der Waals surface area contributed by atoms with Crippen LogP contribution in [0.5, 0.6) is 5.75 Å². The molecular formula is C27H23N3O3. The Labute approximate surface area is 192 Å². The van der Waals surface area contributed by atoms with Gasteiger partial charge in [-0.3, -0.25) is 9.59 Å². The van der Waals surface area contributed by atoms with Crippen molar-refractivity contribution in [3.63, 3.8) is 0 Å². The molecule has 3 aromatic carbocycles. The Hall–Kier alpha value is -4.37. The molecule has 1 aliphatic heterocycles. The maximum absolute atomic E-state index is 13.5. The molecule has 4 rings (SSSR count). The van der Waals surface area contributed by atoms with E-state index in [4.69, 9.17) is 10.00 Å². The number of rotatable bonds is 7. The van der Waals surface area contributed by atoms with Gasteiger partial charge in [-0.1, -0.05) is 37.3 Å². The first kappa shape index (κ1) is 21.8. The van der Waals surface area contributed by atoms with Crippen LogP contribution in [-0.4, -0.2) is 18.4 Å². The van der Waals surface area contributed by atoms with E-state index in [-0.39, 0.29) is 11.3 Å². The summed E-state index contributed by atoms with van der Waals surface area (Å²) >= 11 is 0. The number of nitriles is 1. The van der Waals surface area contributed by atoms with Gasteiger partial charge in [0.2, 0.25) is 0 Å². The van der Waals surface area contributed by atoms with Gasteiger partial charge in [-0.25, -0.2) is 4.90 Å². The van der Waals surface area contributed by atoms with Crippen molar-refractivity contribution in [2.45, 2.75) is 20.3 Å². The van der Waals surface area contributed by atoms with E-state index in [0.29, 0.717) is 29.2 Å². The van der Waals surface area contributed by atoms with Crippen LogP contribution in [0.2, 0.25) is 0 Å². The number of imide groups is 1. The highest BCUT2D eigenvalue weighted by Gasteiger charge is 2.40. The second-order valence-electron chi connectivity index (χ2n) is 7.67. The lowest BCUT2D eigenvalue weighted by Crippen LogP contribution is -2.32. The van der Waals surface area contributed by atoms with Crippen molar-refractivity contribution in [2.24, 2.45) is 0 Å². The van der Waals surface area contributed by atoms with Gasteiger partial charge >= 0.3 is 0 Å². The number of carbonyl (C=O) groups is 2. The second kappa shape index (κ2) is 9.41. The van der Waals surface area contributed by atoms with Gasteiger partial charge in [-0.2, -0.15) is 5.26 Å². The Bertz CT molecular complexity index is 1270. The second-order valence-corrected chi connectivity index (χ2v) is 7.67. The molecule has 0 unspecified atom stereocenters. The minimum Gasteiger partial charge on any atom is -0.494 e. The van der Waals surface area contributed by atoms with Crippen LogP contribution in [0.25, 0.3) is 5.57 Å². The lowest BCUT2D eigenvalue weighted by atomic mass is 10.0. The van der Waals surface area contributed by atoms with Crippen molar-refractivity contribution in [1.82, 2.24) is 0 Å². The molecule has 33 heavy (non-hydrogen) atoms. The average molecular weight is 437 g/mol. The summed E-state index contributed by atoms with van der Waals surface area (Å²) in [5.41, 5.74) is 3.67. The van der Waals surface area contributed by atoms with Crippen molar-refractivity contribution < 1.29 is 14.3 Å². The van der Waals surface area contributed by atoms with E-state index in [0.717, 1.165) is 22.6 Å². The first-order valence-electron chi connectivity index (χ1n) is 10.7. The lowest BCUT2D eigenvalue weighted by Gasteiger charge is -2.15. The largest absolute Gasteiger partial charge is 0.494 e. The standard InChI is InChI=1S/C27H23N3O3/c1-3-16-33-22-14-10-20(11-15-22)24-25(29-23-7-5-4-6-18(23)2)27(32)30(26(24)31)21-12-8-19(17-28)9-13-21/h4-15,29H,3,16H2,1-2H3. The molecule has 0 aromatic heterocycles. The number of hydrogen-bond donors (Lipinski definition) is 1. The zero-order valence-electron chi connectivity index (χ0n) is 18.5. The Morgan fingerprint density at radius 3 is 2.27 bits per heavy atom. The molecule has 0 saturated heterocycles. The number of hydrogen-bond acceptors (Lipinski definition) is 5. The molecule has 0 atom stereocenters. The number of aryl methyl sites for hydroxylation is 1. The number of benzene rings is 3. The third kappa shape index (κ3) is 4.35. The zero-order valence-corrected chi connectivity index (χ0v) is 18.5. The van der Waals surface area contributed by atoms with Crippen LogP contribution in [0.4, 0.5) is 11.4 Å². The van der Waals surface area contributed by atoms with Crippen LogP contribution >= 0.6 is 0 Å². The van der Waals surface area contributed by atoms with E-state index in [1.54, 1.807) is 48.5 Å². The summed E-state index contributed by atoms with van der Waals surface area (Å²) in [6.45, 7) is 4.57. The number of nitrogens with zero attached hydrogens (tertiary/aromatic N) is 2. The van der Waals surface area contributed by atoms with Crippen LogP contribution in [0.1, 0.15) is 30.0 Å². The number of anilines is 2. The number of ether oxygens (including phenoxy) is 1. The third-order valence-corrected chi connectivity index (χ3v) is 5.36. The summed E-state index contributed by atoms with van der Waals surface area (Å²) in [5, 5.41) is 12.3. The quantitative estimate of drug-likeness (QED) is 0.523. The smallest absolute Gasteiger partial charge is 0.282 e. The van der Waals surface area contributed by atoms with Crippen molar-refractivity contribution in [3.05, 3.63) is 95.2 Å². The van der Waals surface area contributed by atoms with Crippen LogP contribution in [-0.2, 0) is 9.59 Å². The highest BCUT2D eigenvalue weighted by molar-refractivity contribution is 6.46. The molecule has 1 heterocycles. The number of carbonyl (C=O) groups excluding carboxylic acids is 2. The molecule has 3 aromatic rings. The van der Waals surface area contributed by atoms with Gasteiger partial charge in [0.05, 0.1) is 29.5 Å². The van der Waals surface area contributed by atoms with Gasteiger partial charge in [0, 0.05) is 5.69 Å². The van der Waals surface area contributed by atoms with Crippen molar-refractivity contribution >= 4 is 28.8 Å². The summed E-state index contributed by atoms with van der Waals surface area (Å²) in [5.74, 6) is -0.173. The predicted octanol–water partition coefficient (Wildman–Crippen LogP) is 5.05. The number of amides is 2. The maximum atomic E-state index is 13.5. The van der Waals surface area contributed by atoms with Gasteiger partial charge in [-0.15, -0.1) is 0 Å². The molecule has 0 radical (unpaired) electrons. The predicted molar refractivity (Wildman–Crippen MR) is 128 cm³/mol. The highest BCUT2D eigenvalue weighted by Crippen LogP contribution is 2.35. The zero-order chi connectivity index (χ0) is 23.4. The molecule has 6 heteroatoms. The number of nitrogens with one attached hydrogen (secondary N) is 1. The monoisotopic (exact) mass is 437 g/mol. The van der Waals surface area contributed by atoms with Crippen LogP contribution in [0.3, 0.4) is 0 Å². The van der Waals surface area contributed by atoms with Gasteiger partial charge in [0.25, 0.3) is 11.8 Å². The molecule has 0 bridgehead atoms. The van der Waals surface area contributed by atoms with Crippen molar-refractivity contribution in [1.29, 1.82) is 5.26 Å². The summed E-state index contributed by atoms with van der Waals surface area (Å²) in [6, 6.07) is 23.2.